The lowest BCUT2D eigenvalue weighted by Gasteiger charge is -2.07. The number of aromatic nitrogens is 2. The number of hydrogen-bond donors (Lipinski definition) is 1. The Balaban J connectivity index is 2.05. The molecular weight excluding hydrogens is 312 g/mol. The van der Waals surface area contributed by atoms with Crippen LogP contribution in [0.3, 0.4) is 0 Å². The van der Waals surface area contributed by atoms with Crippen molar-refractivity contribution in [3.8, 4) is 34.3 Å². The fourth-order valence-corrected chi connectivity index (χ4v) is 2.28. The van der Waals surface area contributed by atoms with Gasteiger partial charge in [-0.2, -0.15) is 4.98 Å². The fourth-order valence-electron chi connectivity index (χ4n) is 2.28. The molecule has 0 fully saturated rings. The quantitative estimate of drug-likeness (QED) is 0.769. The summed E-state index contributed by atoms with van der Waals surface area (Å²) in [6.45, 7) is 0. The standard InChI is InChI=1S/C17H14N2O5/c1-22-10-7-8-13(14(9-10)23-2)15-18-16(24-19-15)11-5-3-4-6-12(11)17(20)21/h3-9H,1-2H3,(H,20,21). The number of nitrogens with zero attached hydrogens (tertiary/aromatic N) is 2. The molecule has 0 bridgehead atoms. The van der Waals surface area contributed by atoms with E-state index in [2.05, 4.69) is 10.1 Å². The minimum Gasteiger partial charge on any atom is -0.497 e. The Morgan fingerprint density at radius 1 is 1.08 bits per heavy atom. The van der Waals surface area contributed by atoms with Gasteiger partial charge in [-0.1, -0.05) is 17.3 Å². The highest BCUT2D eigenvalue weighted by Crippen LogP contribution is 2.33. The number of benzene rings is 2. The topological polar surface area (TPSA) is 94.7 Å². The van der Waals surface area contributed by atoms with Gasteiger partial charge in [0.2, 0.25) is 5.82 Å². The number of carboxylic acids is 1. The molecule has 7 nitrogen and oxygen atoms in total. The molecular formula is C17H14N2O5. The number of methoxy groups -OCH3 is 2. The molecule has 0 amide bonds. The minimum absolute atomic E-state index is 0.0920. The Kier molecular flexibility index (Phi) is 4.15. The van der Waals surface area contributed by atoms with Crippen LogP contribution in [0.5, 0.6) is 11.5 Å². The summed E-state index contributed by atoms with van der Waals surface area (Å²) >= 11 is 0. The van der Waals surface area contributed by atoms with E-state index in [1.807, 2.05) is 0 Å². The van der Waals surface area contributed by atoms with Crippen LogP contribution >= 0.6 is 0 Å². The normalized spacial score (nSPS) is 10.4. The number of carboxylic acid groups (broad SMARTS) is 1. The fraction of sp³-hybridized carbons (Fsp3) is 0.118. The third kappa shape index (κ3) is 2.79. The van der Waals surface area contributed by atoms with E-state index in [0.717, 1.165) is 0 Å². The van der Waals surface area contributed by atoms with Gasteiger partial charge in [-0.25, -0.2) is 4.79 Å². The zero-order valence-corrected chi connectivity index (χ0v) is 13.0. The van der Waals surface area contributed by atoms with Crippen LogP contribution in [0.2, 0.25) is 0 Å². The number of ether oxygens (including phenoxy) is 2. The second-order valence-corrected chi connectivity index (χ2v) is 4.84. The van der Waals surface area contributed by atoms with Gasteiger partial charge in [-0.05, 0) is 24.3 Å². The maximum Gasteiger partial charge on any atom is 0.336 e. The van der Waals surface area contributed by atoms with Gasteiger partial charge in [0, 0.05) is 6.07 Å². The van der Waals surface area contributed by atoms with E-state index in [1.165, 1.54) is 13.2 Å². The average molecular weight is 326 g/mol. The van der Waals surface area contributed by atoms with Crippen molar-refractivity contribution in [1.82, 2.24) is 10.1 Å². The van der Waals surface area contributed by atoms with Crippen LogP contribution in [0, 0.1) is 0 Å². The van der Waals surface area contributed by atoms with Crippen molar-refractivity contribution >= 4 is 5.97 Å². The van der Waals surface area contributed by atoms with E-state index >= 15 is 0 Å². The predicted octanol–water partition coefficient (Wildman–Crippen LogP) is 3.12. The summed E-state index contributed by atoms with van der Waals surface area (Å²) in [6, 6.07) is 11.6. The first-order valence-corrected chi connectivity index (χ1v) is 7.03. The maximum absolute atomic E-state index is 11.3. The Bertz CT molecular complexity index is 888. The van der Waals surface area contributed by atoms with Crippen molar-refractivity contribution < 1.29 is 23.9 Å². The number of carbonyl (C=O) groups is 1. The third-order valence-corrected chi connectivity index (χ3v) is 3.46. The molecule has 24 heavy (non-hydrogen) atoms. The molecule has 0 aliphatic rings. The molecule has 1 heterocycles. The van der Waals surface area contributed by atoms with Gasteiger partial charge in [0.05, 0.1) is 30.9 Å². The smallest absolute Gasteiger partial charge is 0.336 e. The van der Waals surface area contributed by atoms with Crippen LogP contribution in [0.25, 0.3) is 22.8 Å². The third-order valence-electron chi connectivity index (χ3n) is 3.46. The molecule has 0 spiro atoms. The molecule has 0 radical (unpaired) electrons. The van der Waals surface area contributed by atoms with Crippen LogP contribution in [-0.4, -0.2) is 35.4 Å². The van der Waals surface area contributed by atoms with Crippen LogP contribution in [0.1, 0.15) is 10.4 Å². The molecule has 0 aliphatic carbocycles. The molecule has 122 valence electrons. The molecule has 0 atom stereocenters. The zero-order chi connectivity index (χ0) is 17.1. The number of aromatic carboxylic acids is 1. The molecule has 7 heteroatoms. The van der Waals surface area contributed by atoms with Crippen molar-refractivity contribution in [3.05, 3.63) is 48.0 Å². The molecule has 1 aromatic heterocycles. The summed E-state index contributed by atoms with van der Waals surface area (Å²) in [5.41, 5.74) is 1.06. The summed E-state index contributed by atoms with van der Waals surface area (Å²) in [6.07, 6.45) is 0. The van der Waals surface area contributed by atoms with Crippen molar-refractivity contribution in [2.75, 3.05) is 14.2 Å². The van der Waals surface area contributed by atoms with Crippen LogP contribution in [-0.2, 0) is 0 Å². The molecule has 3 aromatic rings. The van der Waals surface area contributed by atoms with Crippen molar-refractivity contribution in [2.45, 2.75) is 0 Å². The van der Waals surface area contributed by atoms with Crippen molar-refractivity contribution in [3.63, 3.8) is 0 Å². The van der Waals surface area contributed by atoms with Gasteiger partial charge in [-0.3, -0.25) is 0 Å². The van der Waals surface area contributed by atoms with Gasteiger partial charge in [0.1, 0.15) is 11.5 Å². The monoisotopic (exact) mass is 326 g/mol. The van der Waals surface area contributed by atoms with Crippen LogP contribution in [0.4, 0.5) is 0 Å². The second kappa shape index (κ2) is 6.41. The van der Waals surface area contributed by atoms with E-state index in [4.69, 9.17) is 14.0 Å². The maximum atomic E-state index is 11.3. The molecule has 0 saturated carbocycles. The van der Waals surface area contributed by atoms with Gasteiger partial charge in [0.25, 0.3) is 5.89 Å². The van der Waals surface area contributed by atoms with Crippen molar-refractivity contribution in [1.29, 1.82) is 0 Å². The molecule has 2 aromatic carbocycles. The molecule has 0 aliphatic heterocycles. The lowest BCUT2D eigenvalue weighted by Crippen LogP contribution is -1.99. The first-order valence-electron chi connectivity index (χ1n) is 7.03. The van der Waals surface area contributed by atoms with Gasteiger partial charge >= 0.3 is 5.97 Å². The summed E-state index contributed by atoms with van der Waals surface area (Å²) in [7, 11) is 3.09. The Morgan fingerprint density at radius 2 is 1.88 bits per heavy atom. The summed E-state index contributed by atoms with van der Waals surface area (Å²) in [4.78, 5) is 15.6. The van der Waals surface area contributed by atoms with E-state index in [0.29, 0.717) is 28.5 Å². The Morgan fingerprint density at radius 3 is 2.58 bits per heavy atom. The van der Waals surface area contributed by atoms with E-state index < -0.39 is 5.97 Å². The van der Waals surface area contributed by atoms with Gasteiger partial charge < -0.3 is 19.1 Å². The molecule has 0 unspecified atom stereocenters. The van der Waals surface area contributed by atoms with Gasteiger partial charge in [0.15, 0.2) is 0 Å². The molecule has 0 saturated heterocycles. The Labute approximate surface area is 137 Å². The van der Waals surface area contributed by atoms with Crippen LogP contribution in [0.15, 0.2) is 47.0 Å². The van der Waals surface area contributed by atoms with E-state index in [-0.39, 0.29) is 11.5 Å². The summed E-state index contributed by atoms with van der Waals surface area (Å²) in [5.74, 6) is 0.515. The highest BCUT2D eigenvalue weighted by atomic mass is 16.5. The second-order valence-electron chi connectivity index (χ2n) is 4.84. The molecule has 3 rings (SSSR count). The first-order chi connectivity index (χ1) is 11.6. The van der Waals surface area contributed by atoms with E-state index in [9.17, 15) is 9.90 Å². The van der Waals surface area contributed by atoms with Crippen molar-refractivity contribution in [2.24, 2.45) is 0 Å². The lowest BCUT2D eigenvalue weighted by molar-refractivity contribution is 0.0697. The SMILES string of the molecule is COc1ccc(-c2noc(-c3ccccc3C(=O)O)n2)c(OC)c1. The largest absolute Gasteiger partial charge is 0.497 e. The van der Waals surface area contributed by atoms with Gasteiger partial charge in [-0.15, -0.1) is 0 Å². The summed E-state index contributed by atoms with van der Waals surface area (Å²) < 4.78 is 15.7. The number of hydrogen-bond acceptors (Lipinski definition) is 6. The number of rotatable bonds is 5. The van der Waals surface area contributed by atoms with E-state index in [1.54, 1.807) is 43.5 Å². The average Bonchev–Trinajstić information content (AvgIpc) is 3.10. The predicted molar refractivity (Wildman–Crippen MR) is 85.2 cm³/mol. The first kappa shape index (κ1) is 15.5. The lowest BCUT2D eigenvalue weighted by atomic mass is 10.1. The highest BCUT2D eigenvalue weighted by molar-refractivity contribution is 5.94. The summed E-state index contributed by atoms with van der Waals surface area (Å²) in [5, 5.41) is 13.2. The zero-order valence-electron chi connectivity index (χ0n) is 13.0. The highest BCUT2D eigenvalue weighted by Gasteiger charge is 2.19. The Hall–Kier alpha value is -3.35. The minimum atomic E-state index is -1.06. The molecule has 1 N–H and O–H groups in total. The van der Waals surface area contributed by atoms with Crippen LogP contribution < -0.4 is 9.47 Å².